The molecule has 0 heterocycles. The fourth-order valence-corrected chi connectivity index (χ4v) is 2.08. The molecule has 0 amide bonds. The number of hydrogen-bond acceptors (Lipinski definition) is 2. The van der Waals surface area contributed by atoms with E-state index in [0.717, 1.165) is 6.54 Å². The van der Waals surface area contributed by atoms with Gasteiger partial charge >= 0.3 is 0 Å². The first-order valence-electron chi connectivity index (χ1n) is 6.54. The van der Waals surface area contributed by atoms with Gasteiger partial charge in [-0.3, -0.25) is 0 Å². The minimum Gasteiger partial charge on any atom is -0.373 e. The van der Waals surface area contributed by atoms with Crippen molar-refractivity contribution in [1.29, 1.82) is 0 Å². The van der Waals surface area contributed by atoms with E-state index >= 15 is 0 Å². The number of rotatable bonds is 6. The van der Waals surface area contributed by atoms with Gasteiger partial charge in [-0.25, -0.2) is 0 Å². The van der Waals surface area contributed by atoms with Crippen molar-refractivity contribution in [3.05, 3.63) is 0 Å². The standard InChI is InChI=1S/C13H27NO/c1-5-9-14-12-7-6-8-13(12)15-11(4)10(2)3/h10-14H,5-9H2,1-4H3. The first-order chi connectivity index (χ1) is 7.15. The summed E-state index contributed by atoms with van der Waals surface area (Å²) in [6.45, 7) is 10.00. The molecule has 0 aromatic carbocycles. The summed E-state index contributed by atoms with van der Waals surface area (Å²) >= 11 is 0. The molecule has 1 fully saturated rings. The van der Waals surface area contributed by atoms with Gasteiger partial charge in [-0.05, 0) is 45.1 Å². The molecule has 0 spiro atoms. The molecule has 0 saturated heterocycles. The molecule has 3 atom stereocenters. The van der Waals surface area contributed by atoms with E-state index in [9.17, 15) is 0 Å². The molecule has 0 bridgehead atoms. The van der Waals surface area contributed by atoms with E-state index in [4.69, 9.17) is 4.74 Å². The lowest BCUT2D eigenvalue weighted by molar-refractivity contribution is -0.0331. The van der Waals surface area contributed by atoms with Crippen LogP contribution < -0.4 is 5.32 Å². The molecule has 1 saturated carbocycles. The van der Waals surface area contributed by atoms with Gasteiger partial charge in [0.05, 0.1) is 12.2 Å². The number of hydrogen-bond donors (Lipinski definition) is 1. The smallest absolute Gasteiger partial charge is 0.0731 e. The van der Waals surface area contributed by atoms with Gasteiger partial charge in [0.2, 0.25) is 0 Å². The maximum absolute atomic E-state index is 6.12. The van der Waals surface area contributed by atoms with Gasteiger partial charge < -0.3 is 10.1 Å². The largest absolute Gasteiger partial charge is 0.373 e. The Kier molecular flexibility index (Phi) is 5.62. The molecule has 90 valence electrons. The van der Waals surface area contributed by atoms with Gasteiger partial charge in [0.1, 0.15) is 0 Å². The Balaban J connectivity index is 2.32. The third kappa shape index (κ3) is 4.12. The molecule has 0 aromatic heterocycles. The van der Waals surface area contributed by atoms with Crippen LogP contribution in [0.1, 0.15) is 53.4 Å². The van der Waals surface area contributed by atoms with E-state index in [1.54, 1.807) is 0 Å². The maximum atomic E-state index is 6.12. The molecule has 1 rings (SSSR count). The fraction of sp³-hybridized carbons (Fsp3) is 1.00. The summed E-state index contributed by atoms with van der Waals surface area (Å²) in [6.07, 6.45) is 5.89. The molecule has 0 radical (unpaired) electrons. The van der Waals surface area contributed by atoms with Crippen LogP contribution in [0.3, 0.4) is 0 Å². The molecule has 0 aromatic rings. The summed E-state index contributed by atoms with van der Waals surface area (Å²) in [4.78, 5) is 0. The summed E-state index contributed by atoms with van der Waals surface area (Å²) in [5.74, 6) is 0.623. The highest BCUT2D eigenvalue weighted by Gasteiger charge is 2.29. The zero-order valence-corrected chi connectivity index (χ0v) is 10.8. The summed E-state index contributed by atoms with van der Waals surface area (Å²) in [5, 5.41) is 3.60. The summed E-state index contributed by atoms with van der Waals surface area (Å²) in [6, 6.07) is 0.603. The highest BCUT2D eigenvalue weighted by molar-refractivity contribution is 4.84. The van der Waals surface area contributed by atoms with E-state index in [1.807, 2.05) is 0 Å². The zero-order valence-electron chi connectivity index (χ0n) is 10.8. The zero-order chi connectivity index (χ0) is 11.3. The van der Waals surface area contributed by atoms with Crippen molar-refractivity contribution < 1.29 is 4.74 Å². The van der Waals surface area contributed by atoms with Gasteiger partial charge in [-0.2, -0.15) is 0 Å². The van der Waals surface area contributed by atoms with Crippen LogP contribution in [0.5, 0.6) is 0 Å². The molecule has 1 aliphatic carbocycles. The normalized spacial score (nSPS) is 28.6. The Bertz CT molecular complexity index is 170. The first kappa shape index (κ1) is 13.0. The predicted octanol–water partition coefficient (Wildman–Crippen LogP) is 2.97. The molecule has 2 nitrogen and oxygen atoms in total. The molecule has 3 unspecified atom stereocenters. The molecule has 2 heteroatoms. The van der Waals surface area contributed by atoms with E-state index in [2.05, 4.69) is 33.0 Å². The molecule has 0 aliphatic heterocycles. The summed E-state index contributed by atoms with van der Waals surface area (Å²) in [5.41, 5.74) is 0. The van der Waals surface area contributed by atoms with Gasteiger partial charge in [0.15, 0.2) is 0 Å². The Morgan fingerprint density at radius 2 is 2.00 bits per heavy atom. The SMILES string of the molecule is CCCNC1CCCC1OC(C)C(C)C. The number of ether oxygens (including phenoxy) is 1. The van der Waals surface area contributed by atoms with Crippen LogP contribution >= 0.6 is 0 Å². The Morgan fingerprint density at radius 1 is 1.27 bits per heavy atom. The van der Waals surface area contributed by atoms with Crippen LogP contribution in [-0.2, 0) is 4.74 Å². The van der Waals surface area contributed by atoms with Crippen LogP contribution in [-0.4, -0.2) is 24.8 Å². The third-order valence-electron chi connectivity index (χ3n) is 3.44. The van der Waals surface area contributed by atoms with Crippen molar-refractivity contribution in [1.82, 2.24) is 5.32 Å². The minimum absolute atomic E-state index is 0.388. The number of nitrogens with one attached hydrogen (secondary N) is 1. The van der Waals surface area contributed by atoms with E-state index in [0.29, 0.717) is 24.2 Å². The van der Waals surface area contributed by atoms with Gasteiger partial charge in [-0.15, -0.1) is 0 Å². The maximum Gasteiger partial charge on any atom is 0.0731 e. The van der Waals surface area contributed by atoms with Crippen molar-refractivity contribution in [2.75, 3.05) is 6.54 Å². The Labute approximate surface area is 94.8 Å². The average Bonchev–Trinajstić information content (AvgIpc) is 2.62. The highest BCUT2D eigenvalue weighted by Crippen LogP contribution is 2.24. The summed E-state index contributed by atoms with van der Waals surface area (Å²) in [7, 11) is 0. The second-order valence-corrected chi connectivity index (χ2v) is 5.12. The molecule has 15 heavy (non-hydrogen) atoms. The second kappa shape index (κ2) is 6.49. The van der Waals surface area contributed by atoms with Crippen LogP contribution in [0.25, 0.3) is 0 Å². The minimum atomic E-state index is 0.388. The molecule has 1 aliphatic rings. The Hall–Kier alpha value is -0.0800. The first-order valence-corrected chi connectivity index (χ1v) is 6.54. The van der Waals surface area contributed by atoms with Crippen LogP contribution in [0.15, 0.2) is 0 Å². The molecule has 1 N–H and O–H groups in total. The lowest BCUT2D eigenvalue weighted by Crippen LogP contribution is -2.39. The van der Waals surface area contributed by atoms with Crippen molar-refractivity contribution >= 4 is 0 Å². The lowest BCUT2D eigenvalue weighted by atomic mass is 10.1. The Morgan fingerprint density at radius 3 is 2.60 bits per heavy atom. The quantitative estimate of drug-likeness (QED) is 0.732. The van der Waals surface area contributed by atoms with Crippen molar-refractivity contribution in [3.63, 3.8) is 0 Å². The van der Waals surface area contributed by atoms with E-state index in [-0.39, 0.29) is 0 Å². The molecular formula is C13H27NO. The lowest BCUT2D eigenvalue weighted by Gasteiger charge is -2.26. The average molecular weight is 213 g/mol. The van der Waals surface area contributed by atoms with Crippen LogP contribution in [0.2, 0.25) is 0 Å². The van der Waals surface area contributed by atoms with Crippen LogP contribution in [0, 0.1) is 5.92 Å². The van der Waals surface area contributed by atoms with Gasteiger partial charge in [0.25, 0.3) is 0 Å². The van der Waals surface area contributed by atoms with E-state index in [1.165, 1.54) is 25.7 Å². The van der Waals surface area contributed by atoms with Crippen LogP contribution in [0.4, 0.5) is 0 Å². The van der Waals surface area contributed by atoms with E-state index < -0.39 is 0 Å². The topological polar surface area (TPSA) is 21.3 Å². The fourth-order valence-electron chi connectivity index (χ4n) is 2.08. The monoisotopic (exact) mass is 213 g/mol. The van der Waals surface area contributed by atoms with Gasteiger partial charge in [0, 0.05) is 6.04 Å². The second-order valence-electron chi connectivity index (χ2n) is 5.12. The summed E-state index contributed by atoms with van der Waals surface area (Å²) < 4.78 is 6.12. The van der Waals surface area contributed by atoms with Crippen molar-refractivity contribution in [2.24, 2.45) is 5.92 Å². The van der Waals surface area contributed by atoms with Gasteiger partial charge in [-0.1, -0.05) is 20.8 Å². The third-order valence-corrected chi connectivity index (χ3v) is 3.44. The highest BCUT2D eigenvalue weighted by atomic mass is 16.5. The molecular weight excluding hydrogens is 186 g/mol. The van der Waals surface area contributed by atoms with Crippen molar-refractivity contribution in [3.8, 4) is 0 Å². The van der Waals surface area contributed by atoms with Crippen molar-refractivity contribution in [2.45, 2.75) is 71.6 Å². The predicted molar refractivity (Wildman–Crippen MR) is 65.1 cm³/mol.